The summed E-state index contributed by atoms with van der Waals surface area (Å²) in [6, 6.07) is 18.5. The van der Waals surface area contributed by atoms with E-state index in [1.54, 1.807) is 6.21 Å². The lowest BCUT2D eigenvalue weighted by atomic mass is 10.2. The lowest BCUT2D eigenvalue weighted by Crippen LogP contribution is -2.05. The summed E-state index contributed by atoms with van der Waals surface area (Å²) in [4.78, 5) is 1.25. The molecule has 0 fully saturated rings. The number of amidine groups is 1. The van der Waals surface area contributed by atoms with E-state index >= 15 is 0 Å². The third kappa shape index (κ3) is 7.23. The van der Waals surface area contributed by atoms with Crippen LogP contribution in [-0.2, 0) is 5.75 Å². The molecule has 0 radical (unpaired) electrons. The van der Waals surface area contributed by atoms with Crippen molar-refractivity contribution < 1.29 is 0 Å². The van der Waals surface area contributed by atoms with E-state index in [0.717, 1.165) is 17.1 Å². The number of nitrogens with zero attached hydrogens (tertiary/aromatic N) is 2. The van der Waals surface area contributed by atoms with E-state index in [1.807, 2.05) is 42.1 Å². The average molecular weight is 358 g/mol. The first-order chi connectivity index (χ1) is 11.6. The molecule has 0 bridgehead atoms. The van der Waals surface area contributed by atoms with Gasteiger partial charge in [0.15, 0.2) is 5.17 Å². The van der Waals surface area contributed by atoms with Crippen LogP contribution in [0, 0.1) is 5.92 Å². The molecule has 126 valence electrons. The zero-order valence-electron chi connectivity index (χ0n) is 14.1. The van der Waals surface area contributed by atoms with Gasteiger partial charge in [-0.25, -0.2) is 0 Å². The fraction of sp³-hybridized carbons (Fsp3) is 0.263. The lowest BCUT2D eigenvalue weighted by molar-refractivity contribution is 0.750. The van der Waals surface area contributed by atoms with Crippen molar-refractivity contribution in [1.82, 2.24) is 0 Å². The van der Waals surface area contributed by atoms with Crippen LogP contribution in [0.3, 0.4) is 0 Å². The number of rotatable bonds is 7. The van der Waals surface area contributed by atoms with Crippen molar-refractivity contribution in [2.45, 2.75) is 24.5 Å². The highest BCUT2D eigenvalue weighted by Crippen LogP contribution is 2.21. The van der Waals surface area contributed by atoms with Crippen LogP contribution in [0.25, 0.3) is 0 Å². The molecule has 2 rings (SSSR count). The van der Waals surface area contributed by atoms with E-state index in [9.17, 15) is 0 Å². The maximum atomic E-state index is 5.89. The molecule has 2 aromatic carbocycles. The van der Waals surface area contributed by atoms with Gasteiger partial charge in [0.25, 0.3) is 0 Å². The topological polar surface area (TPSA) is 50.7 Å². The highest BCUT2D eigenvalue weighted by Gasteiger charge is 1.99. The minimum atomic E-state index is 0.473. The molecule has 24 heavy (non-hydrogen) atoms. The Hall–Kier alpha value is -1.72. The molecule has 2 aromatic rings. The molecule has 0 heterocycles. The van der Waals surface area contributed by atoms with E-state index in [-0.39, 0.29) is 0 Å². The number of thioether (sulfide) groups is 2. The van der Waals surface area contributed by atoms with E-state index in [2.05, 4.69) is 48.3 Å². The third-order valence-electron chi connectivity index (χ3n) is 3.03. The second kappa shape index (κ2) is 10.2. The minimum absolute atomic E-state index is 0.473. The van der Waals surface area contributed by atoms with Crippen molar-refractivity contribution in [3.63, 3.8) is 0 Å². The Bertz CT molecular complexity index is 682. The molecule has 0 aromatic heterocycles. The number of nitrogens with two attached hydrogens (primary N) is 1. The summed E-state index contributed by atoms with van der Waals surface area (Å²) in [7, 11) is 0. The summed E-state index contributed by atoms with van der Waals surface area (Å²) < 4.78 is 0. The van der Waals surface area contributed by atoms with Crippen molar-refractivity contribution >= 4 is 34.9 Å². The monoisotopic (exact) mass is 357 g/mol. The molecule has 0 aliphatic carbocycles. The second-order valence-electron chi connectivity index (χ2n) is 5.73. The van der Waals surface area contributed by atoms with Gasteiger partial charge in [-0.3, -0.25) is 0 Å². The number of hydrogen-bond acceptors (Lipinski definition) is 4. The Morgan fingerprint density at radius 2 is 1.92 bits per heavy atom. The molecule has 3 nitrogen and oxygen atoms in total. The molecule has 2 N–H and O–H groups in total. The van der Waals surface area contributed by atoms with E-state index in [0.29, 0.717) is 11.1 Å². The van der Waals surface area contributed by atoms with Crippen LogP contribution in [0.5, 0.6) is 0 Å². The molecule has 0 spiro atoms. The first kappa shape index (κ1) is 18.6. The largest absolute Gasteiger partial charge is 0.377 e. The van der Waals surface area contributed by atoms with Crippen molar-refractivity contribution in [2.75, 3.05) is 5.75 Å². The van der Waals surface area contributed by atoms with Crippen LogP contribution in [-0.4, -0.2) is 17.1 Å². The molecule has 0 aliphatic rings. The van der Waals surface area contributed by atoms with Crippen LogP contribution in [0.15, 0.2) is 69.7 Å². The zero-order valence-corrected chi connectivity index (χ0v) is 15.7. The predicted octanol–water partition coefficient (Wildman–Crippen LogP) is 5.02. The Balaban J connectivity index is 1.86. The standard InChI is InChI=1S/C19H23N3S2/c1-15(2)13-23-18-10-6-9-17(11-18)12-21-22-19(20)24-14-16-7-4-3-5-8-16/h3-12,15H,13-14H2,1-2H3,(H2,20,22). The Kier molecular flexibility index (Phi) is 7.92. The van der Waals surface area contributed by atoms with Gasteiger partial charge in [-0.2, -0.15) is 5.10 Å². The summed E-state index contributed by atoms with van der Waals surface area (Å²) in [6.45, 7) is 4.45. The maximum Gasteiger partial charge on any atom is 0.180 e. The molecular weight excluding hydrogens is 334 g/mol. The summed E-state index contributed by atoms with van der Waals surface area (Å²) in [5.41, 5.74) is 8.15. The van der Waals surface area contributed by atoms with Gasteiger partial charge in [0.1, 0.15) is 0 Å². The highest BCUT2D eigenvalue weighted by atomic mass is 32.2. The van der Waals surface area contributed by atoms with Crippen LogP contribution >= 0.6 is 23.5 Å². The van der Waals surface area contributed by atoms with Crippen LogP contribution < -0.4 is 5.73 Å². The summed E-state index contributed by atoms with van der Waals surface area (Å²) in [5.74, 6) is 2.59. The number of benzene rings is 2. The van der Waals surface area contributed by atoms with Crippen molar-refractivity contribution in [3.05, 3.63) is 65.7 Å². The van der Waals surface area contributed by atoms with E-state index in [4.69, 9.17) is 5.73 Å². The second-order valence-corrected chi connectivity index (χ2v) is 7.82. The van der Waals surface area contributed by atoms with Gasteiger partial charge >= 0.3 is 0 Å². The SMILES string of the molecule is CC(C)CSc1cccc(C=NN=C(N)SCc2ccccc2)c1. The Morgan fingerprint density at radius 3 is 2.67 bits per heavy atom. The zero-order chi connectivity index (χ0) is 17.2. The van der Waals surface area contributed by atoms with Gasteiger partial charge in [0, 0.05) is 16.4 Å². The van der Waals surface area contributed by atoms with Crippen LogP contribution in [0.1, 0.15) is 25.0 Å². The predicted molar refractivity (Wildman–Crippen MR) is 109 cm³/mol. The fourth-order valence-corrected chi connectivity index (χ4v) is 3.39. The minimum Gasteiger partial charge on any atom is -0.377 e. The smallest absolute Gasteiger partial charge is 0.180 e. The van der Waals surface area contributed by atoms with Crippen LogP contribution in [0.4, 0.5) is 0 Å². The molecule has 0 unspecified atom stereocenters. The maximum absolute atomic E-state index is 5.89. The van der Waals surface area contributed by atoms with Gasteiger partial charge in [-0.1, -0.05) is 68.1 Å². The van der Waals surface area contributed by atoms with E-state index < -0.39 is 0 Å². The Labute approximate surface area is 152 Å². The first-order valence-electron chi connectivity index (χ1n) is 7.89. The molecular formula is C19H23N3S2. The third-order valence-corrected chi connectivity index (χ3v) is 5.31. The average Bonchev–Trinajstić information content (AvgIpc) is 2.59. The first-order valence-corrected chi connectivity index (χ1v) is 9.86. The molecule has 5 heteroatoms. The fourth-order valence-electron chi connectivity index (χ4n) is 1.86. The molecule has 0 saturated carbocycles. The van der Waals surface area contributed by atoms with Crippen LogP contribution in [0.2, 0.25) is 0 Å². The van der Waals surface area contributed by atoms with Crippen molar-refractivity contribution in [1.29, 1.82) is 0 Å². The number of hydrogen-bond donors (Lipinski definition) is 1. The van der Waals surface area contributed by atoms with Gasteiger partial charge in [0.2, 0.25) is 0 Å². The summed E-state index contributed by atoms with van der Waals surface area (Å²) >= 11 is 3.35. The molecule has 0 amide bonds. The summed E-state index contributed by atoms with van der Waals surface area (Å²) in [5, 5.41) is 8.63. The van der Waals surface area contributed by atoms with Crippen molar-refractivity contribution in [3.8, 4) is 0 Å². The normalized spacial score (nSPS) is 12.2. The van der Waals surface area contributed by atoms with Gasteiger partial charge < -0.3 is 5.73 Å². The van der Waals surface area contributed by atoms with Crippen molar-refractivity contribution in [2.24, 2.45) is 21.9 Å². The van der Waals surface area contributed by atoms with Gasteiger partial charge in [-0.15, -0.1) is 16.9 Å². The quantitative estimate of drug-likeness (QED) is 0.328. The lowest BCUT2D eigenvalue weighted by Gasteiger charge is -2.04. The van der Waals surface area contributed by atoms with Gasteiger partial charge in [-0.05, 0) is 29.2 Å². The molecule has 0 atom stereocenters. The van der Waals surface area contributed by atoms with E-state index in [1.165, 1.54) is 22.2 Å². The molecule has 0 aliphatic heterocycles. The van der Waals surface area contributed by atoms with Gasteiger partial charge in [0.05, 0.1) is 6.21 Å². The molecule has 0 saturated heterocycles. The Morgan fingerprint density at radius 1 is 1.12 bits per heavy atom. The highest BCUT2D eigenvalue weighted by molar-refractivity contribution is 8.13. The summed E-state index contributed by atoms with van der Waals surface area (Å²) in [6.07, 6.45) is 1.75.